The standard InChI is InChI=1S/C13H16ClNO3/c1-15(8-9-18-2)12-5-3-4-11(14)10(12)6-7-13(16)17/h3-7H,8-9H2,1-2H3,(H,16,17)/b7-6+. The lowest BCUT2D eigenvalue weighted by Crippen LogP contribution is -2.22. The van der Waals surface area contributed by atoms with Crippen molar-refractivity contribution in [1.82, 2.24) is 0 Å². The largest absolute Gasteiger partial charge is 0.478 e. The van der Waals surface area contributed by atoms with Crippen LogP contribution in [0.15, 0.2) is 24.3 Å². The number of hydrogen-bond acceptors (Lipinski definition) is 3. The van der Waals surface area contributed by atoms with Crippen molar-refractivity contribution in [2.24, 2.45) is 0 Å². The quantitative estimate of drug-likeness (QED) is 0.807. The lowest BCUT2D eigenvalue weighted by atomic mass is 10.1. The van der Waals surface area contributed by atoms with Gasteiger partial charge in [-0.1, -0.05) is 17.7 Å². The first-order valence-electron chi connectivity index (χ1n) is 5.46. The summed E-state index contributed by atoms with van der Waals surface area (Å²) in [5.74, 6) is -1.000. The lowest BCUT2D eigenvalue weighted by Gasteiger charge is -2.21. The molecule has 0 bridgehead atoms. The third-order valence-electron chi connectivity index (χ3n) is 2.46. The van der Waals surface area contributed by atoms with E-state index in [1.807, 2.05) is 24.1 Å². The number of aliphatic carboxylic acids is 1. The number of methoxy groups -OCH3 is 1. The van der Waals surface area contributed by atoms with Gasteiger partial charge in [-0.05, 0) is 18.2 Å². The van der Waals surface area contributed by atoms with Crippen LogP contribution in [0.1, 0.15) is 5.56 Å². The Balaban J connectivity index is 3.03. The Labute approximate surface area is 111 Å². The van der Waals surface area contributed by atoms with Crippen molar-refractivity contribution in [3.63, 3.8) is 0 Å². The lowest BCUT2D eigenvalue weighted by molar-refractivity contribution is -0.131. The molecule has 0 spiro atoms. The smallest absolute Gasteiger partial charge is 0.328 e. The number of ether oxygens (including phenoxy) is 1. The molecule has 1 aromatic carbocycles. The number of halogens is 1. The predicted octanol–water partition coefficient (Wildman–Crippen LogP) is 2.52. The molecule has 1 N–H and O–H groups in total. The van der Waals surface area contributed by atoms with Crippen LogP contribution in [0.4, 0.5) is 5.69 Å². The maximum atomic E-state index is 10.6. The molecule has 0 aromatic heterocycles. The summed E-state index contributed by atoms with van der Waals surface area (Å²) in [5, 5.41) is 9.20. The molecular weight excluding hydrogens is 254 g/mol. The summed E-state index contributed by atoms with van der Waals surface area (Å²) in [7, 11) is 3.54. The van der Waals surface area contributed by atoms with E-state index in [1.54, 1.807) is 13.2 Å². The molecular formula is C13H16ClNO3. The third kappa shape index (κ3) is 4.05. The molecule has 1 rings (SSSR count). The molecule has 0 amide bonds. The summed E-state index contributed by atoms with van der Waals surface area (Å²) in [4.78, 5) is 12.5. The van der Waals surface area contributed by atoms with Crippen molar-refractivity contribution < 1.29 is 14.6 Å². The van der Waals surface area contributed by atoms with Crippen molar-refractivity contribution in [2.75, 3.05) is 32.2 Å². The second kappa shape index (κ2) is 7.03. The van der Waals surface area contributed by atoms with Crippen molar-refractivity contribution in [1.29, 1.82) is 0 Å². The minimum atomic E-state index is -1.000. The van der Waals surface area contributed by atoms with Crippen LogP contribution in [0, 0.1) is 0 Å². The van der Waals surface area contributed by atoms with Gasteiger partial charge < -0.3 is 14.7 Å². The summed E-state index contributed by atoms with van der Waals surface area (Å²) < 4.78 is 5.02. The highest BCUT2D eigenvalue weighted by molar-refractivity contribution is 6.32. The second-order valence-electron chi connectivity index (χ2n) is 3.76. The van der Waals surface area contributed by atoms with Crippen molar-refractivity contribution in [2.45, 2.75) is 0 Å². The van der Waals surface area contributed by atoms with Crippen molar-refractivity contribution >= 4 is 29.3 Å². The Morgan fingerprint density at radius 1 is 1.56 bits per heavy atom. The molecule has 5 heteroatoms. The van der Waals surface area contributed by atoms with Crippen LogP contribution < -0.4 is 4.90 Å². The highest BCUT2D eigenvalue weighted by Crippen LogP contribution is 2.28. The number of hydrogen-bond donors (Lipinski definition) is 1. The number of anilines is 1. The van der Waals surface area contributed by atoms with E-state index in [2.05, 4.69) is 0 Å². The molecule has 0 fully saturated rings. The Bertz CT molecular complexity index is 446. The van der Waals surface area contributed by atoms with Crippen molar-refractivity contribution in [3.8, 4) is 0 Å². The molecule has 18 heavy (non-hydrogen) atoms. The van der Waals surface area contributed by atoms with Gasteiger partial charge in [-0.2, -0.15) is 0 Å². The van der Waals surface area contributed by atoms with Gasteiger partial charge in [0.05, 0.1) is 6.61 Å². The van der Waals surface area contributed by atoms with E-state index in [0.717, 1.165) is 11.8 Å². The number of carboxylic acids is 1. The topological polar surface area (TPSA) is 49.8 Å². The number of benzene rings is 1. The third-order valence-corrected chi connectivity index (χ3v) is 2.79. The van der Waals surface area contributed by atoms with Crippen LogP contribution in [0.5, 0.6) is 0 Å². The molecule has 98 valence electrons. The zero-order chi connectivity index (χ0) is 13.5. The molecule has 0 saturated heterocycles. The highest BCUT2D eigenvalue weighted by atomic mass is 35.5. The summed E-state index contributed by atoms with van der Waals surface area (Å²) in [6.45, 7) is 1.29. The van der Waals surface area contributed by atoms with Crippen LogP contribution in [0.25, 0.3) is 6.08 Å². The van der Waals surface area contributed by atoms with Gasteiger partial charge in [-0.3, -0.25) is 0 Å². The molecule has 0 aliphatic carbocycles. The van der Waals surface area contributed by atoms with Crippen LogP contribution in [0.2, 0.25) is 5.02 Å². The summed E-state index contributed by atoms with van der Waals surface area (Å²) in [5.41, 5.74) is 1.57. The molecule has 0 unspecified atom stereocenters. The molecule has 0 heterocycles. The van der Waals surface area contributed by atoms with E-state index in [9.17, 15) is 4.79 Å². The minimum Gasteiger partial charge on any atom is -0.478 e. The minimum absolute atomic E-state index is 0.522. The molecule has 0 atom stereocenters. The van der Waals surface area contributed by atoms with Gasteiger partial charge in [-0.15, -0.1) is 0 Å². The number of carboxylic acid groups (broad SMARTS) is 1. The first-order valence-corrected chi connectivity index (χ1v) is 5.83. The van der Waals surface area contributed by atoms with Gasteiger partial charge in [0.15, 0.2) is 0 Å². The Morgan fingerprint density at radius 3 is 2.89 bits per heavy atom. The van der Waals surface area contributed by atoms with E-state index < -0.39 is 5.97 Å². The SMILES string of the molecule is COCCN(C)c1cccc(Cl)c1/C=C/C(=O)O. The number of nitrogens with zero attached hydrogens (tertiary/aromatic N) is 1. The summed E-state index contributed by atoms with van der Waals surface area (Å²) in [6, 6.07) is 5.46. The maximum absolute atomic E-state index is 10.6. The van der Waals surface area contributed by atoms with Gasteiger partial charge in [-0.25, -0.2) is 4.79 Å². The fourth-order valence-electron chi connectivity index (χ4n) is 1.53. The van der Waals surface area contributed by atoms with Gasteiger partial charge in [0, 0.05) is 43.1 Å². The Hall–Kier alpha value is -1.52. The van der Waals surface area contributed by atoms with Crippen LogP contribution in [-0.4, -0.2) is 38.4 Å². The summed E-state index contributed by atoms with van der Waals surface area (Å²) >= 11 is 6.09. The predicted molar refractivity (Wildman–Crippen MR) is 73.3 cm³/mol. The van der Waals surface area contributed by atoms with E-state index in [4.69, 9.17) is 21.4 Å². The Morgan fingerprint density at radius 2 is 2.28 bits per heavy atom. The average molecular weight is 270 g/mol. The van der Waals surface area contributed by atoms with Gasteiger partial charge in [0.25, 0.3) is 0 Å². The van der Waals surface area contributed by atoms with E-state index in [1.165, 1.54) is 6.08 Å². The number of rotatable bonds is 6. The molecule has 1 aromatic rings. The monoisotopic (exact) mass is 269 g/mol. The zero-order valence-electron chi connectivity index (χ0n) is 10.4. The van der Waals surface area contributed by atoms with Gasteiger partial charge in [0.1, 0.15) is 0 Å². The first kappa shape index (κ1) is 14.5. The Kier molecular flexibility index (Phi) is 5.68. The van der Waals surface area contributed by atoms with Crippen LogP contribution in [0.3, 0.4) is 0 Å². The molecule has 0 aliphatic rings. The molecule has 0 saturated carbocycles. The molecule has 0 radical (unpaired) electrons. The molecule has 0 aliphatic heterocycles. The van der Waals surface area contributed by atoms with E-state index in [0.29, 0.717) is 23.7 Å². The summed E-state index contributed by atoms with van der Waals surface area (Å²) in [6.07, 6.45) is 2.58. The highest BCUT2D eigenvalue weighted by Gasteiger charge is 2.08. The van der Waals surface area contributed by atoms with Gasteiger partial charge >= 0.3 is 5.97 Å². The van der Waals surface area contributed by atoms with Crippen molar-refractivity contribution in [3.05, 3.63) is 34.9 Å². The zero-order valence-corrected chi connectivity index (χ0v) is 11.1. The number of carbonyl (C=O) groups is 1. The maximum Gasteiger partial charge on any atom is 0.328 e. The first-order chi connectivity index (χ1) is 8.56. The van der Waals surface area contributed by atoms with E-state index >= 15 is 0 Å². The van der Waals surface area contributed by atoms with E-state index in [-0.39, 0.29) is 0 Å². The fraction of sp³-hybridized carbons (Fsp3) is 0.308. The van der Waals surface area contributed by atoms with Gasteiger partial charge in [0.2, 0.25) is 0 Å². The second-order valence-corrected chi connectivity index (χ2v) is 4.17. The normalized spacial score (nSPS) is 10.8. The molecule has 4 nitrogen and oxygen atoms in total. The van der Waals surface area contributed by atoms with Crippen LogP contribution >= 0.6 is 11.6 Å². The van der Waals surface area contributed by atoms with Crippen LogP contribution in [-0.2, 0) is 9.53 Å². The average Bonchev–Trinajstić information content (AvgIpc) is 2.34. The fourth-order valence-corrected chi connectivity index (χ4v) is 1.76. The number of likely N-dealkylation sites (N-methyl/N-ethyl adjacent to an activating group) is 1.